The van der Waals surface area contributed by atoms with Gasteiger partial charge in [0.05, 0.1) is 33.2 Å². The van der Waals surface area contributed by atoms with E-state index in [-0.39, 0.29) is 0 Å². The highest BCUT2D eigenvalue weighted by Crippen LogP contribution is 2.32. The van der Waals surface area contributed by atoms with Crippen LogP contribution in [0.3, 0.4) is 0 Å². The first-order chi connectivity index (χ1) is 10.5. The number of likely N-dealkylation sites (tertiary alicyclic amines) is 1. The summed E-state index contributed by atoms with van der Waals surface area (Å²) in [4.78, 5) is 3.86. The average Bonchev–Trinajstić information content (AvgIpc) is 2.77. The minimum Gasteiger partial charge on any atom is -0.357 e. The first-order valence-electron chi connectivity index (χ1n) is 8.43. The summed E-state index contributed by atoms with van der Waals surface area (Å²) in [5.74, 6) is 0.779. The van der Waals surface area contributed by atoms with Gasteiger partial charge < -0.3 is 19.7 Å². The number of thiocarbonyl (C=S) groups is 1. The molecule has 2 atom stereocenters. The molecule has 1 aromatic heterocycles. The van der Waals surface area contributed by atoms with E-state index in [1.54, 1.807) is 0 Å². The van der Waals surface area contributed by atoms with Crippen LogP contribution in [0.2, 0.25) is 0 Å². The SMILES string of the molecule is C[C@@H]1CC[C@@H](c2cccn2C)N(C(=S)NCC[NH+](C)C)CC1. The van der Waals surface area contributed by atoms with Crippen LogP contribution in [0.25, 0.3) is 0 Å². The summed E-state index contributed by atoms with van der Waals surface area (Å²) >= 11 is 5.72. The van der Waals surface area contributed by atoms with E-state index in [2.05, 4.69) is 61.2 Å². The molecule has 2 heterocycles. The molecule has 0 saturated carbocycles. The van der Waals surface area contributed by atoms with Crippen LogP contribution in [0.4, 0.5) is 0 Å². The van der Waals surface area contributed by atoms with Gasteiger partial charge in [0.25, 0.3) is 0 Å². The van der Waals surface area contributed by atoms with Gasteiger partial charge >= 0.3 is 0 Å². The molecule has 0 spiro atoms. The summed E-state index contributed by atoms with van der Waals surface area (Å²) in [5.41, 5.74) is 1.37. The number of likely N-dealkylation sites (N-methyl/N-ethyl adjacent to an activating group) is 1. The van der Waals surface area contributed by atoms with Crippen molar-refractivity contribution >= 4 is 17.3 Å². The van der Waals surface area contributed by atoms with Gasteiger partial charge in [-0.25, -0.2) is 0 Å². The fourth-order valence-electron chi connectivity index (χ4n) is 3.15. The maximum absolute atomic E-state index is 5.72. The molecule has 0 unspecified atom stereocenters. The molecule has 2 N–H and O–H groups in total. The number of quaternary nitrogens is 1. The third kappa shape index (κ3) is 4.46. The molecule has 1 aliphatic heterocycles. The Kier molecular flexibility index (Phi) is 6.26. The molecule has 1 fully saturated rings. The van der Waals surface area contributed by atoms with Crippen LogP contribution in [0.1, 0.15) is 37.9 Å². The minimum absolute atomic E-state index is 0.400. The number of nitrogens with zero attached hydrogens (tertiary/aromatic N) is 2. The first-order valence-corrected chi connectivity index (χ1v) is 8.84. The molecule has 124 valence electrons. The molecule has 1 aromatic rings. The standard InChI is InChI=1S/C17H30N4S/c1-14-7-8-16(15-6-5-11-20(15)4)21(12-9-14)17(22)18-10-13-19(2)3/h5-6,11,14,16H,7-10,12-13H2,1-4H3,(H,18,22)/p+1/t14-,16+/m1/s1. The van der Waals surface area contributed by atoms with Crippen LogP contribution >= 0.6 is 12.2 Å². The summed E-state index contributed by atoms with van der Waals surface area (Å²) in [7, 11) is 6.48. The zero-order valence-corrected chi connectivity index (χ0v) is 15.2. The Morgan fingerprint density at radius 1 is 1.36 bits per heavy atom. The molecule has 5 heteroatoms. The van der Waals surface area contributed by atoms with Crippen LogP contribution < -0.4 is 10.2 Å². The third-order valence-electron chi connectivity index (χ3n) is 4.66. The number of rotatable bonds is 4. The zero-order valence-electron chi connectivity index (χ0n) is 14.4. The molecular weight excluding hydrogens is 292 g/mol. The van der Waals surface area contributed by atoms with Gasteiger partial charge in [-0.2, -0.15) is 0 Å². The van der Waals surface area contributed by atoms with Crippen LogP contribution in [0.5, 0.6) is 0 Å². The van der Waals surface area contributed by atoms with Crippen molar-refractivity contribution in [2.75, 3.05) is 33.7 Å². The molecule has 1 aliphatic rings. The highest BCUT2D eigenvalue weighted by atomic mass is 32.1. The van der Waals surface area contributed by atoms with Crippen molar-refractivity contribution < 1.29 is 4.90 Å². The van der Waals surface area contributed by atoms with Crippen LogP contribution in [-0.4, -0.2) is 48.3 Å². The van der Waals surface area contributed by atoms with Gasteiger partial charge in [-0.05, 0) is 49.5 Å². The van der Waals surface area contributed by atoms with E-state index in [1.807, 2.05) is 0 Å². The lowest BCUT2D eigenvalue weighted by molar-refractivity contribution is -0.856. The molecule has 0 radical (unpaired) electrons. The summed E-state index contributed by atoms with van der Waals surface area (Å²) in [6, 6.07) is 4.77. The minimum atomic E-state index is 0.400. The van der Waals surface area contributed by atoms with Crippen molar-refractivity contribution in [3.8, 4) is 0 Å². The van der Waals surface area contributed by atoms with Crippen molar-refractivity contribution in [2.45, 2.75) is 32.2 Å². The number of aryl methyl sites for hydroxylation is 1. The molecule has 22 heavy (non-hydrogen) atoms. The van der Waals surface area contributed by atoms with E-state index in [4.69, 9.17) is 12.2 Å². The lowest BCUT2D eigenvalue weighted by atomic mass is 10.0. The van der Waals surface area contributed by atoms with Crippen molar-refractivity contribution in [2.24, 2.45) is 13.0 Å². The van der Waals surface area contributed by atoms with Crippen molar-refractivity contribution in [1.29, 1.82) is 0 Å². The van der Waals surface area contributed by atoms with Gasteiger partial charge in [-0.3, -0.25) is 0 Å². The predicted molar refractivity (Wildman–Crippen MR) is 96.2 cm³/mol. The van der Waals surface area contributed by atoms with Gasteiger partial charge in [0.2, 0.25) is 0 Å². The summed E-state index contributed by atoms with van der Waals surface area (Å²) in [6.07, 6.45) is 5.81. The summed E-state index contributed by atoms with van der Waals surface area (Å²) in [5, 5.41) is 4.38. The Labute approximate surface area is 140 Å². The van der Waals surface area contributed by atoms with Crippen LogP contribution in [0.15, 0.2) is 18.3 Å². The molecular formula is C17H31N4S+. The quantitative estimate of drug-likeness (QED) is 0.815. The molecule has 0 amide bonds. The van der Waals surface area contributed by atoms with Crippen LogP contribution in [-0.2, 0) is 7.05 Å². The number of hydrogen-bond donors (Lipinski definition) is 2. The Morgan fingerprint density at radius 2 is 2.14 bits per heavy atom. The van der Waals surface area contributed by atoms with Gasteiger partial charge in [-0.1, -0.05) is 6.92 Å². The number of hydrogen-bond acceptors (Lipinski definition) is 1. The lowest BCUT2D eigenvalue weighted by Gasteiger charge is -2.33. The molecule has 0 bridgehead atoms. The normalized spacial score (nSPS) is 22.7. The zero-order chi connectivity index (χ0) is 16.1. The van der Waals surface area contributed by atoms with E-state index in [9.17, 15) is 0 Å². The largest absolute Gasteiger partial charge is 0.357 e. The van der Waals surface area contributed by atoms with Gasteiger partial charge in [0.1, 0.15) is 0 Å². The maximum Gasteiger partial charge on any atom is 0.169 e. The van der Waals surface area contributed by atoms with E-state index < -0.39 is 0 Å². The second-order valence-electron chi connectivity index (χ2n) is 6.91. The summed E-state index contributed by atoms with van der Waals surface area (Å²) in [6.45, 7) is 5.43. The number of aromatic nitrogens is 1. The topological polar surface area (TPSA) is 24.6 Å². The Balaban J connectivity index is 2.09. The van der Waals surface area contributed by atoms with Gasteiger partial charge in [-0.15, -0.1) is 0 Å². The second kappa shape index (κ2) is 7.97. The smallest absolute Gasteiger partial charge is 0.169 e. The van der Waals surface area contributed by atoms with Crippen LogP contribution in [0, 0.1) is 5.92 Å². The van der Waals surface area contributed by atoms with Crippen molar-refractivity contribution in [1.82, 2.24) is 14.8 Å². The van der Waals surface area contributed by atoms with E-state index in [0.29, 0.717) is 6.04 Å². The van der Waals surface area contributed by atoms with E-state index in [1.165, 1.54) is 29.9 Å². The molecule has 2 rings (SSSR count). The lowest BCUT2D eigenvalue weighted by Crippen LogP contribution is -3.06. The highest BCUT2D eigenvalue weighted by molar-refractivity contribution is 7.80. The van der Waals surface area contributed by atoms with Gasteiger partial charge in [0.15, 0.2) is 5.11 Å². The maximum atomic E-state index is 5.72. The Bertz CT molecular complexity index is 483. The van der Waals surface area contributed by atoms with E-state index >= 15 is 0 Å². The van der Waals surface area contributed by atoms with E-state index in [0.717, 1.165) is 30.7 Å². The predicted octanol–water partition coefficient (Wildman–Crippen LogP) is 1.21. The molecule has 4 nitrogen and oxygen atoms in total. The van der Waals surface area contributed by atoms with Crippen molar-refractivity contribution in [3.05, 3.63) is 24.0 Å². The highest BCUT2D eigenvalue weighted by Gasteiger charge is 2.28. The van der Waals surface area contributed by atoms with Crippen molar-refractivity contribution in [3.63, 3.8) is 0 Å². The fraction of sp³-hybridized carbons (Fsp3) is 0.706. The third-order valence-corrected chi connectivity index (χ3v) is 5.04. The monoisotopic (exact) mass is 323 g/mol. The van der Waals surface area contributed by atoms with Gasteiger partial charge in [0, 0.05) is 25.5 Å². The summed E-state index contributed by atoms with van der Waals surface area (Å²) < 4.78 is 2.24. The Hall–Kier alpha value is -1.07. The number of nitrogens with one attached hydrogen (secondary N) is 2. The average molecular weight is 324 g/mol. The fourth-order valence-corrected chi connectivity index (χ4v) is 3.47. The second-order valence-corrected chi connectivity index (χ2v) is 7.30. The molecule has 1 saturated heterocycles. The molecule has 0 aromatic carbocycles. The molecule has 0 aliphatic carbocycles. The first kappa shape index (κ1) is 17.3. The Morgan fingerprint density at radius 3 is 2.77 bits per heavy atom.